The van der Waals surface area contributed by atoms with E-state index in [1.165, 1.54) is 11.1 Å². The van der Waals surface area contributed by atoms with Crippen molar-refractivity contribution in [3.63, 3.8) is 0 Å². The Morgan fingerprint density at radius 2 is 1.93 bits per heavy atom. The van der Waals surface area contributed by atoms with Crippen molar-refractivity contribution in [1.29, 1.82) is 0 Å². The molecule has 1 aromatic carbocycles. The fourth-order valence-corrected chi connectivity index (χ4v) is 1.46. The van der Waals surface area contributed by atoms with E-state index in [1.54, 1.807) is 14.2 Å². The summed E-state index contributed by atoms with van der Waals surface area (Å²) in [6, 6.07) is 4.12. The van der Waals surface area contributed by atoms with Gasteiger partial charge in [-0.1, -0.05) is 6.07 Å². The maximum atomic E-state index is 5.29. The second-order valence-corrected chi connectivity index (χ2v) is 3.27. The van der Waals surface area contributed by atoms with Gasteiger partial charge >= 0.3 is 0 Å². The Morgan fingerprint density at radius 1 is 1.21 bits per heavy atom. The topological polar surface area (TPSA) is 30.5 Å². The summed E-state index contributed by atoms with van der Waals surface area (Å²) < 4.78 is 10.2. The van der Waals surface area contributed by atoms with Crippen LogP contribution in [0.15, 0.2) is 12.1 Å². The van der Waals surface area contributed by atoms with Crippen LogP contribution in [0.5, 0.6) is 5.75 Å². The highest BCUT2D eigenvalue weighted by Crippen LogP contribution is 2.29. The van der Waals surface area contributed by atoms with Crippen molar-refractivity contribution < 1.29 is 9.47 Å². The molecule has 0 radical (unpaired) electrons. The predicted octanol–water partition coefficient (Wildman–Crippen LogP) is 2.33. The first-order chi connectivity index (χ1) is 6.69. The number of rotatable bonds is 4. The van der Waals surface area contributed by atoms with E-state index in [0.717, 1.165) is 11.4 Å². The lowest BCUT2D eigenvalue weighted by Crippen LogP contribution is -2.06. The zero-order valence-electron chi connectivity index (χ0n) is 9.18. The lowest BCUT2D eigenvalue weighted by molar-refractivity contribution is 0.221. The fourth-order valence-electron chi connectivity index (χ4n) is 1.46. The zero-order chi connectivity index (χ0) is 10.6. The Morgan fingerprint density at radius 3 is 2.50 bits per heavy atom. The van der Waals surface area contributed by atoms with Crippen molar-refractivity contribution in [3.05, 3.63) is 23.3 Å². The third-order valence-corrected chi connectivity index (χ3v) is 2.06. The quantitative estimate of drug-likeness (QED) is 0.748. The second kappa shape index (κ2) is 4.86. The minimum Gasteiger partial charge on any atom is -0.495 e. The van der Waals surface area contributed by atoms with E-state index in [1.807, 2.05) is 13.0 Å². The van der Waals surface area contributed by atoms with Crippen molar-refractivity contribution in [2.45, 2.75) is 13.8 Å². The molecule has 78 valence electrons. The number of benzene rings is 1. The van der Waals surface area contributed by atoms with Gasteiger partial charge in [-0.2, -0.15) is 0 Å². The highest BCUT2D eigenvalue weighted by atomic mass is 16.5. The van der Waals surface area contributed by atoms with Gasteiger partial charge in [0.1, 0.15) is 12.5 Å². The average Bonchev–Trinajstić information content (AvgIpc) is 2.15. The van der Waals surface area contributed by atoms with Crippen LogP contribution in [0.2, 0.25) is 0 Å². The Hall–Kier alpha value is -1.22. The Kier molecular flexibility index (Phi) is 3.77. The summed E-state index contributed by atoms with van der Waals surface area (Å²) in [5.41, 5.74) is 3.36. The molecule has 1 rings (SSSR count). The normalized spacial score (nSPS) is 10.0. The van der Waals surface area contributed by atoms with Crippen LogP contribution in [0.3, 0.4) is 0 Å². The van der Waals surface area contributed by atoms with E-state index in [-0.39, 0.29) is 0 Å². The van der Waals surface area contributed by atoms with Crippen molar-refractivity contribution >= 4 is 5.69 Å². The van der Waals surface area contributed by atoms with Gasteiger partial charge < -0.3 is 14.8 Å². The van der Waals surface area contributed by atoms with Crippen molar-refractivity contribution in [2.24, 2.45) is 0 Å². The molecule has 0 atom stereocenters. The molecule has 3 nitrogen and oxygen atoms in total. The lowest BCUT2D eigenvalue weighted by Gasteiger charge is -2.14. The average molecular weight is 195 g/mol. The standard InChI is InChI=1S/C11H17NO2/c1-8-5-9(2)11(12-7-13-3)10(6-8)14-4/h5-6,12H,7H2,1-4H3. The van der Waals surface area contributed by atoms with Gasteiger partial charge in [-0.3, -0.25) is 0 Å². The van der Waals surface area contributed by atoms with E-state index in [4.69, 9.17) is 9.47 Å². The molecule has 0 aliphatic heterocycles. The second-order valence-electron chi connectivity index (χ2n) is 3.27. The van der Waals surface area contributed by atoms with Gasteiger partial charge in [0.15, 0.2) is 0 Å². The van der Waals surface area contributed by atoms with E-state index in [0.29, 0.717) is 6.73 Å². The van der Waals surface area contributed by atoms with Crippen molar-refractivity contribution in [3.8, 4) is 5.75 Å². The molecular formula is C11H17NO2. The highest BCUT2D eigenvalue weighted by Gasteiger charge is 2.06. The van der Waals surface area contributed by atoms with E-state index in [2.05, 4.69) is 18.3 Å². The molecule has 3 heteroatoms. The third kappa shape index (κ3) is 2.39. The molecule has 0 aliphatic rings. The van der Waals surface area contributed by atoms with Crippen molar-refractivity contribution in [2.75, 3.05) is 26.3 Å². The van der Waals surface area contributed by atoms with Crippen LogP contribution in [-0.4, -0.2) is 21.0 Å². The van der Waals surface area contributed by atoms with Crippen LogP contribution >= 0.6 is 0 Å². The van der Waals surface area contributed by atoms with Crippen LogP contribution < -0.4 is 10.1 Å². The molecule has 1 aromatic rings. The van der Waals surface area contributed by atoms with E-state index in [9.17, 15) is 0 Å². The third-order valence-electron chi connectivity index (χ3n) is 2.06. The van der Waals surface area contributed by atoms with Gasteiger partial charge in [0.25, 0.3) is 0 Å². The molecule has 0 bridgehead atoms. The van der Waals surface area contributed by atoms with Crippen molar-refractivity contribution in [1.82, 2.24) is 0 Å². The molecule has 1 N–H and O–H groups in total. The summed E-state index contributed by atoms with van der Waals surface area (Å²) in [4.78, 5) is 0. The largest absolute Gasteiger partial charge is 0.495 e. The molecule has 0 unspecified atom stereocenters. The van der Waals surface area contributed by atoms with Crippen LogP contribution in [0.4, 0.5) is 5.69 Å². The number of hydrogen-bond donors (Lipinski definition) is 1. The summed E-state index contributed by atoms with van der Waals surface area (Å²) in [6.45, 7) is 4.59. The molecule has 0 saturated heterocycles. The fraction of sp³-hybridized carbons (Fsp3) is 0.455. The Balaban J connectivity index is 2.99. The molecule has 0 heterocycles. The minimum absolute atomic E-state index is 0.486. The number of methoxy groups -OCH3 is 2. The lowest BCUT2D eigenvalue weighted by atomic mass is 10.1. The van der Waals surface area contributed by atoms with Gasteiger partial charge in [-0.05, 0) is 31.0 Å². The number of anilines is 1. The van der Waals surface area contributed by atoms with E-state index >= 15 is 0 Å². The van der Waals surface area contributed by atoms with Crippen LogP contribution in [0, 0.1) is 13.8 Å². The summed E-state index contributed by atoms with van der Waals surface area (Å²) in [7, 11) is 3.33. The SMILES string of the molecule is COCNc1c(C)cc(C)cc1OC. The molecule has 0 aromatic heterocycles. The van der Waals surface area contributed by atoms with Gasteiger partial charge in [-0.15, -0.1) is 0 Å². The highest BCUT2D eigenvalue weighted by molar-refractivity contribution is 5.62. The molecule has 0 spiro atoms. The predicted molar refractivity (Wildman–Crippen MR) is 58.0 cm³/mol. The van der Waals surface area contributed by atoms with Gasteiger partial charge in [0.05, 0.1) is 12.8 Å². The first kappa shape index (κ1) is 10.9. The maximum absolute atomic E-state index is 5.29. The summed E-state index contributed by atoms with van der Waals surface area (Å²) >= 11 is 0. The first-order valence-electron chi connectivity index (χ1n) is 4.57. The van der Waals surface area contributed by atoms with Gasteiger partial charge in [0.2, 0.25) is 0 Å². The molecule has 0 saturated carbocycles. The summed E-state index contributed by atoms with van der Waals surface area (Å²) in [6.07, 6.45) is 0. The first-order valence-corrected chi connectivity index (χ1v) is 4.57. The van der Waals surface area contributed by atoms with Crippen LogP contribution in [0.25, 0.3) is 0 Å². The molecule has 14 heavy (non-hydrogen) atoms. The van der Waals surface area contributed by atoms with Crippen LogP contribution in [0.1, 0.15) is 11.1 Å². The summed E-state index contributed by atoms with van der Waals surface area (Å²) in [5.74, 6) is 0.861. The number of nitrogens with one attached hydrogen (secondary N) is 1. The number of aryl methyl sites for hydroxylation is 2. The Bertz CT molecular complexity index is 310. The zero-order valence-corrected chi connectivity index (χ0v) is 9.18. The van der Waals surface area contributed by atoms with Crippen LogP contribution in [-0.2, 0) is 4.74 Å². The monoisotopic (exact) mass is 195 g/mol. The van der Waals surface area contributed by atoms with Gasteiger partial charge in [-0.25, -0.2) is 0 Å². The Labute approximate surface area is 85.0 Å². The molecule has 0 fully saturated rings. The molecular weight excluding hydrogens is 178 g/mol. The minimum atomic E-state index is 0.486. The number of hydrogen-bond acceptors (Lipinski definition) is 3. The molecule has 0 aliphatic carbocycles. The smallest absolute Gasteiger partial charge is 0.142 e. The maximum Gasteiger partial charge on any atom is 0.142 e. The van der Waals surface area contributed by atoms with Gasteiger partial charge in [0, 0.05) is 7.11 Å². The van der Waals surface area contributed by atoms with E-state index < -0.39 is 0 Å². The summed E-state index contributed by atoms with van der Waals surface area (Å²) in [5, 5.41) is 3.16. The number of ether oxygens (including phenoxy) is 2. The molecule has 0 amide bonds.